The Morgan fingerprint density at radius 3 is 2.20 bits per heavy atom. The molecule has 2 aromatic heterocycles. The smallest absolute Gasteiger partial charge is 0.335 e. The number of fused-ring (bicyclic) bond motifs is 1. The van der Waals surface area contributed by atoms with Crippen LogP contribution in [0.5, 0.6) is 17.2 Å². The third-order valence-corrected chi connectivity index (χ3v) is 8.90. The Kier molecular flexibility index (Phi) is 11.6. The summed E-state index contributed by atoms with van der Waals surface area (Å²) < 4.78 is 29.2. The van der Waals surface area contributed by atoms with Crippen LogP contribution in [0.15, 0.2) is 114 Å². The molecule has 6 aromatic rings. The number of methoxy groups -OCH3 is 1. The van der Waals surface area contributed by atoms with E-state index in [1.807, 2.05) is 0 Å². The molecule has 0 aliphatic carbocycles. The molecule has 0 radical (unpaired) electrons. The van der Waals surface area contributed by atoms with Crippen molar-refractivity contribution < 1.29 is 38.5 Å². The van der Waals surface area contributed by atoms with Gasteiger partial charge in [-0.05, 0) is 68.4 Å². The van der Waals surface area contributed by atoms with Gasteiger partial charge in [0.2, 0.25) is 0 Å². The van der Waals surface area contributed by atoms with Crippen LogP contribution in [-0.4, -0.2) is 55.1 Å². The first-order chi connectivity index (χ1) is 25.7. The molecular weight excluding hydrogens is 697 g/mol. The van der Waals surface area contributed by atoms with Crippen molar-refractivity contribution in [3.63, 3.8) is 0 Å². The van der Waals surface area contributed by atoms with Crippen LogP contribution in [0.3, 0.4) is 0 Å². The van der Waals surface area contributed by atoms with Crippen molar-refractivity contribution >= 4 is 34.4 Å². The Bertz CT molecular complexity index is 2380. The quantitative estimate of drug-likeness (QED) is 0.114. The second-order valence-corrected chi connectivity index (χ2v) is 12.5. The van der Waals surface area contributed by atoms with E-state index in [4.69, 9.17) is 20.3 Å². The van der Waals surface area contributed by atoms with Crippen molar-refractivity contribution in [1.82, 2.24) is 14.3 Å². The van der Waals surface area contributed by atoms with Crippen LogP contribution in [0.2, 0.25) is 0 Å². The van der Waals surface area contributed by atoms with Crippen molar-refractivity contribution in [1.29, 1.82) is 0 Å². The SMILES string of the molecule is COc1ccc2c(Oc3ccc(NC(=O)c4c(C)n(C[C@@H](C)[C@](C)(N)C(=O)O)n(-c5ccccc5)c4=O)cc3F)ccnc2c1.O=C(O)c1ccccc1. The average molecular weight is 736 g/mol. The molecule has 54 heavy (non-hydrogen) atoms. The summed E-state index contributed by atoms with van der Waals surface area (Å²) in [5.41, 5.74) is 5.46. The largest absolute Gasteiger partial charge is 0.497 e. The number of aliphatic carboxylic acids is 1. The molecule has 0 saturated heterocycles. The molecular formula is C40H38FN5O8. The van der Waals surface area contributed by atoms with Crippen molar-refractivity contribution in [2.24, 2.45) is 11.7 Å². The summed E-state index contributed by atoms with van der Waals surface area (Å²) in [6.45, 7) is 4.67. The molecule has 13 nitrogen and oxygen atoms in total. The van der Waals surface area contributed by atoms with E-state index < -0.39 is 40.7 Å². The number of carboxylic acid groups (broad SMARTS) is 2. The van der Waals surface area contributed by atoms with Gasteiger partial charge in [0.05, 0.1) is 29.6 Å². The summed E-state index contributed by atoms with van der Waals surface area (Å²) in [7, 11) is 1.55. The number of benzene rings is 4. The number of hydrogen-bond acceptors (Lipinski definition) is 8. The topological polar surface area (TPSA) is 188 Å². The first-order valence-corrected chi connectivity index (χ1v) is 16.6. The molecule has 0 aliphatic rings. The number of aromatic carboxylic acids is 1. The van der Waals surface area contributed by atoms with Crippen LogP contribution >= 0.6 is 0 Å². The zero-order chi connectivity index (χ0) is 39.2. The van der Waals surface area contributed by atoms with E-state index in [2.05, 4.69) is 10.3 Å². The van der Waals surface area contributed by atoms with Crippen molar-refractivity contribution in [3.05, 3.63) is 142 Å². The number of hydrogen-bond donors (Lipinski definition) is 4. The van der Waals surface area contributed by atoms with Gasteiger partial charge in [0.25, 0.3) is 11.5 Å². The Hall–Kier alpha value is -6.80. The first kappa shape index (κ1) is 38.4. The predicted molar refractivity (Wildman–Crippen MR) is 200 cm³/mol. The second-order valence-electron chi connectivity index (χ2n) is 12.5. The highest BCUT2D eigenvalue weighted by Gasteiger charge is 2.36. The molecule has 278 valence electrons. The third kappa shape index (κ3) is 8.29. The number of nitrogens with zero attached hydrogens (tertiary/aromatic N) is 3. The van der Waals surface area contributed by atoms with Crippen LogP contribution in [0, 0.1) is 18.7 Å². The van der Waals surface area contributed by atoms with Crippen molar-refractivity contribution in [3.8, 4) is 22.9 Å². The highest BCUT2D eigenvalue weighted by atomic mass is 19.1. The van der Waals surface area contributed by atoms with Crippen LogP contribution in [0.1, 0.15) is 40.3 Å². The van der Waals surface area contributed by atoms with Gasteiger partial charge in [-0.15, -0.1) is 0 Å². The van der Waals surface area contributed by atoms with E-state index in [9.17, 15) is 24.3 Å². The Labute approximate surface area is 309 Å². The number of amides is 1. The van der Waals surface area contributed by atoms with Crippen LogP contribution < -0.4 is 26.1 Å². The number of nitrogens with one attached hydrogen (secondary N) is 1. The maximum atomic E-state index is 15.2. The molecule has 0 saturated carbocycles. The summed E-state index contributed by atoms with van der Waals surface area (Å²) in [5, 5.41) is 21.3. The van der Waals surface area contributed by atoms with Crippen molar-refractivity contribution in [2.75, 3.05) is 12.4 Å². The standard InChI is InChI=1S/C33H32FN5O6.C7H6O2/c1-19(33(3,35)32(42)43)18-38-20(2)29(31(41)39(38)22-8-6-5-7-9-22)30(40)37-21-10-13-28(25(34)16-21)45-27-14-15-36-26-17-23(44-4)11-12-24(26)27;8-7(9)6-4-2-1-3-5-6/h5-17,19H,18,35H2,1-4H3,(H,37,40)(H,42,43);1-5H,(H,8,9)/t19-,33+;/m1./s1. The molecule has 14 heteroatoms. The van der Waals surface area contributed by atoms with Gasteiger partial charge < -0.3 is 30.7 Å². The lowest BCUT2D eigenvalue weighted by atomic mass is 9.88. The molecule has 0 aliphatic heterocycles. The van der Waals surface area contributed by atoms with Gasteiger partial charge in [-0.3, -0.25) is 24.0 Å². The van der Waals surface area contributed by atoms with Gasteiger partial charge in [0, 0.05) is 41.9 Å². The predicted octanol–water partition coefficient (Wildman–Crippen LogP) is 6.51. The van der Waals surface area contributed by atoms with Gasteiger partial charge in [0.1, 0.15) is 22.6 Å². The fourth-order valence-electron chi connectivity index (χ4n) is 5.49. The lowest BCUT2D eigenvalue weighted by molar-refractivity contribution is -0.144. The van der Waals surface area contributed by atoms with Crippen molar-refractivity contribution in [2.45, 2.75) is 32.9 Å². The molecule has 4 aromatic carbocycles. The van der Waals surface area contributed by atoms with Crippen LogP contribution in [0.25, 0.3) is 16.6 Å². The Morgan fingerprint density at radius 2 is 1.61 bits per heavy atom. The minimum atomic E-state index is -1.60. The number of pyridine rings is 1. The molecule has 0 bridgehead atoms. The summed E-state index contributed by atoms with van der Waals surface area (Å²) in [6.07, 6.45) is 1.54. The number of halogens is 1. The normalized spacial score (nSPS) is 12.5. The summed E-state index contributed by atoms with van der Waals surface area (Å²) >= 11 is 0. The fraction of sp³-hybridized carbons (Fsp3) is 0.175. The zero-order valence-corrected chi connectivity index (χ0v) is 29.8. The fourth-order valence-corrected chi connectivity index (χ4v) is 5.49. The van der Waals surface area contributed by atoms with Gasteiger partial charge in [-0.25, -0.2) is 13.9 Å². The number of anilines is 1. The summed E-state index contributed by atoms with van der Waals surface area (Å²) in [6, 6.07) is 27.7. The number of carbonyl (C=O) groups is 3. The maximum absolute atomic E-state index is 15.2. The molecule has 0 fully saturated rings. The zero-order valence-electron chi connectivity index (χ0n) is 29.8. The number of nitrogens with two attached hydrogens (primary N) is 1. The van der Waals surface area contributed by atoms with Crippen LogP contribution in [0.4, 0.5) is 10.1 Å². The second kappa shape index (κ2) is 16.3. The number of rotatable bonds is 11. The summed E-state index contributed by atoms with van der Waals surface area (Å²) in [5.74, 6) is -3.30. The Balaban J connectivity index is 0.000000546. The van der Waals surface area contributed by atoms with Gasteiger partial charge in [-0.2, -0.15) is 0 Å². The molecule has 0 unspecified atom stereocenters. The maximum Gasteiger partial charge on any atom is 0.335 e. The molecule has 2 heterocycles. The monoisotopic (exact) mass is 735 g/mol. The lowest BCUT2D eigenvalue weighted by Crippen LogP contribution is -2.52. The number of aromatic nitrogens is 3. The van der Waals surface area contributed by atoms with Gasteiger partial charge in [-0.1, -0.05) is 43.3 Å². The third-order valence-electron chi connectivity index (χ3n) is 8.90. The molecule has 1 amide bonds. The number of carbonyl (C=O) groups excluding carboxylic acids is 1. The molecule has 5 N–H and O–H groups in total. The van der Waals surface area contributed by atoms with E-state index in [1.165, 1.54) is 34.6 Å². The lowest BCUT2D eigenvalue weighted by Gasteiger charge is -2.28. The van der Waals surface area contributed by atoms with E-state index >= 15 is 4.39 Å². The highest BCUT2D eigenvalue weighted by Crippen LogP contribution is 2.33. The van der Waals surface area contributed by atoms with E-state index in [0.29, 0.717) is 33.7 Å². The summed E-state index contributed by atoms with van der Waals surface area (Å²) in [4.78, 5) is 53.5. The van der Waals surface area contributed by atoms with E-state index in [-0.39, 0.29) is 29.2 Å². The molecule has 0 spiro atoms. The van der Waals surface area contributed by atoms with Gasteiger partial charge in [0.15, 0.2) is 11.6 Å². The van der Waals surface area contributed by atoms with E-state index in [1.54, 1.807) is 106 Å². The van der Waals surface area contributed by atoms with Crippen LogP contribution in [-0.2, 0) is 11.3 Å². The Morgan fingerprint density at radius 1 is 0.944 bits per heavy atom. The highest BCUT2D eigenvalue weighted by molar-refractivity contribution is 6.05. The number of para-hydroxylation sites is 1. The average Bonchev–Trinajstić information content (AvgIpc) is 3.41. The minimum absolute atomic E-state index is 0.0275. The number of ether oxygens (including phenoxy) is 2. The molecule has 2 atom stereocenters. The number of carboxylic acids is 2. The minimum Gasteiger partial charge on any atom is -0.497 e. The molecule has 6 rings (SSSR count). The van der Waals surface area contributed by atoms with E-state index in [0.717, 1.165) is 6.07 Å². The first-order valence-electron chi connectivity index (χ1n) is 16.6. The van der Waals surface area contributed by atoms with Gasteiger partial charge >= 0.3 is 11.9 Å².